The third-order valence-electron chi connectivity index (χ3n) is 4.27. The number of imide groups is 1. The number of benzene rings is 3. The molecule has 1 aliphatic heterocycles. The molecule has 0 saturated carbocycles. The number of amides is 2. The molecule has 3 aromatic carbocycles. The lowest BCUT2D eigenvalue weighted by Crippen LogP contribution is -2.27. The molecule has 1 saturated heterocycles. The van der Waals surface area contributed by atoms with Crippen LogP contribution >= 0.6 is 11.8 Å². The van der Waals surface area contributed by atoms with Crippen LogP contribution in [-0.2, 0) is 4.79 Å². The van der Waals surface area contributed by atoms with Gasteiger partial charge in [-0.1, -0.05) is 54.6 Å². The molecular weight excluding hydrogens is 330 g/mol. The van der Waals surface area contributed by atoms with Crippen LogP contribution in [0.15, 0.2) is 72.2 Å². The first-order valence-electron chi connectivity index (χ1n) is 7.96. The molecule has 3 aromatic rings. The third kappa shape index (κ3) is 2.65. The number of fused-ring (bicyclic) bond motifs is 2. The van der Waals surface area contributed by atoms with Gasteiger partial charge in [-0.25, -0.2) is 0 Å². The molecule has 0 aromatic heterocycles. The number of rotatable bonds is 3. The number of hydrogen-bond donors (Lipinski definition) is 0. The zero-order valence-electron chi connectivity index (χ0n) is 13.4. The maximum Gasteiger partial charge on any atom is 0.293 e. The minimum Gasteiger partial charge on any atom is -0.268 e. The highest BCUT2D eigenvalue weighted by Crippen LogP contribution is 2.36. The Labute approximate surface area is 149 Å². The van der Waals surface area contributed by atoms with Gasteiger partial charge in [-0.2, -0.15) is 0 Å². The Balaban J connectivity index is 1.95. The van der Waals surface area contributed by atoms with Crippen molar-refractivity contribution in [2.24, 2.45) is 0 Å². The second-order valence-corrected chi connectivity index (χ2v) is 6.81. The van der Waals surface area contributed by atoms with Crippen LogP contribution in [-0.4, -0.2) is 22.6 Å². The summed E-state index contributed by atoms with van der Waals surface area (Å²) < 4.78 is 0. The van der Waals surface area contributed by atoms with Crippen LogP contribution in [0.3, 0.4) is 0 Å². The summed E-state index contributed by atoms with van der Waals surface area (Å²) in [5.74, 6) is -0.257. The van der Waals surface area contributed by atoms with E-state index in [2.05, 4.69) is 24.8 Å². The molecule has 1 fully saturated rings. The highest BCUT2D eigenvalue weighted by molar-refractivity contribution is 8.18. The van der Waals surface area contributed by atoms with E-state index in [0.717, 1.165) is 38.9 Å². The van der Waals surface area contributed by atoms with Gasteiger partial charge in [-0.05, 0) is 51.0 Å². The molecule has 2 amide bonds. The molecule has 0 spiro atoms. The van der Waals surface area contributed by atoms with Crippen molar-refractivity contribution in [2.75, 3.05) is 6.54 Å². The summed E-state index contributed by atoms with van der Waals surface area (Å²) in [5.41, 5.74) is 0.970. The van der Waals surface area contributed by atoms with E-state index < -0.39 is 0 Å². The summed E-state index contributed by atoms with van der Waals surface area (Å²) >= 11 is 0.984. The first kappa shape index (κ1) is 15.7. The SMILES string of the molecule is C=CCN1C(=O)S/C(=C\c2c3ccccc3cc3ccccc23)C1=O. The summed E-state index contributed by atoms with van der Waals surface area (Å²) in [5, 5.41) is 4.10. The number of thioether (sulfide) groups is 1. The van der Waals surface area contributed by atoms with Crippen LogP contribution in [0.2, 0.25) is 0 Å². The van der Waals surface area contributed by atoms with Crippen LogP contribution in [0.1, 0.15) is 5.56 Å². The molecule has 25 heavy (non-hydrogen) atoms. The van der Waals surface area contributed by atoms with Crippen LogP contribution < -0.4 is 0 Å². The molecule has 1 heterocycles. The fraction of sp³-hybridized carbons (Fsp3) is 0.0476. The van der Waals surface area contributed by atoms with Gasteiger partial charge in [0.1, 0.15) is 0 Å². The summed E-state index contributed by atoms with van der Waals surface area (Å²) in [6, 6.07) is 18.3. The molecular formula is C21H15NO2S. The van der Waals surface area contributed by atoms with Gasteiger partial charge in [0.2, 0.25) is 0 Å². The molecule has 0 atom stereocenters. The first-order valence-corrected chi connectivity index (χ1v) is 8.77. The lowest BCUT2D eigenvalue weighted by atomic mass is 9.96. The van der Waals surface area contributed by atoms with E-state index in [1.54, 1.807) is 6.08 Å². The number of hydrogen-bond acceptors (Lipinski definition) is 3. The van der Waals surface area contributed by atoms with E-state index in [9.17, 15) is 9.59 Å². The second kappa shape index (κ2) is 6.22. The first-order chi connectivity index (χ1) is 12.2. The molecule has 0 aliphatic carbocycles. The Morgan fingerprint density at radius 2 is 1.56 bits per heavy atom. The number of carbonyl (C=O) groups excluding carboxylic acids is 2. The van der Waals surface area contributed by atoms with Crippen molar-refractivity contribution in [3.8, 4) is 0 Å². The minimum absolute atomic E-state index is 0.234. The quantitative estimate of drug-likeness (QED) is 0.371. The zero-order chi connectivity index (χ0) is 17.4. The Morgan fingerprint density at radius 3 is 2.16 bits per heavy atom. The molecule has 0 N–H and O–H groups in total. The largest absolute Gasteiger partial charge is 0.293 e. The molecule has 3 nitrogen and oxygen atoms in total. The second-order valence-electron chi connectivity index (χ2n) is 5.81. The van der Waals surface area contributed by atoms with Crippen LogP contribution in [0.25, 0.3) is 27.6 Å². The van der Waals surface area contributed by atoms with E-state index in [4.69, 9.17) is 0 Å². The lowest BCUT2D eigenvalue weighted by Gasteiger charge is -2.10. The van der Waals surface area contributed by atoms with Gasteiger partial charge < -0.3 is 0 Å². The smallest absolute Gasteiger partial charge is 0.268 e. The van der Waals surface area contributed by atoms with Crippen LogP contribution in [0, 0.1) is 0 Å². The third-order valence-corrected chi connectivity index (χ3v) is 5.18. The molecule has 4 rings (SSSR count). The molecule has 0 bridgehead atoms. The van der Waals surface area contributed by atoms with E-state index in [-0.39, 0.29) is 17.7 Å². The number of nitrogens with zero attached hydrogens (tertiary/aromatic N) is 1. The van der Waals surface area contributed by atoms with Gasteiger partial charge in [0.05, 0.1) is 4.91 Å². The van der Waals surface area contributed by atoms with E-state index in [1.165, 1.54) is 4.90 Å². The Hall–Kier alpha value is -2.85. The maximum atomic E-state index is 12.6. The van der Waals surface area contributed by atoms with Crippen LogP contribution in [0.4, 0.5) is 4.79 Å². The summed E-state index contributed by atoms with van der Waals surface area (Å²) in [6.45, 7) is 3.84. The van der Waals surface area contributed by atoms with E-state index >= 15 is 0 Å². The topological polar surface area (TPSA) is 37.4 Å². The Morgan fingerprint density at radius 1 is 0.960 bits per heavy atom. The maximum absolute atomic E-state index is 12.6. The highest BCUT2D eigenvalue weighted by atomic mass is 32.2. The van der Waals surface area contributed by atoms with Gasteiger partial charge >= 0.3 is 0 Å². The van der Waals surface area contributed by atoms with Gasteiger partial charge in [0.15, 0.2) is 0 Å². The van der Waals surface area contributed by atoms with Gasteiger partial charge in [0, 0.05) is 6.54 Å². The van der Waals surface area contributed by atoms with Crippen molar-refractivity contribution in [3.63, 3.8) is 0 Å². The summed E-state index contributed by atoms with van der Waals surface area (Å²) in [6.07, 6.45) is 3.41. The highest BCUT2D eigenvalue weighted by Gasteiger charge is 2.34. The van der Waals surface area contributed by atoms with Crippen molar-refractivity contribution in [3.05, 3.63) is 77.7 Å². The van der Waals surface area contributed by atoms with Crippen molar-refractivity contribution < 1.29 is 9.59 Å². The fourth-order valence-corrected chi connectivity index (χ4v) is 3.95. The van der Waals surface area contributed by atoms with Crippen molar-refractivity contribution >= 4 is 50.5 Å². The molecule has 122 valence electrons. The van der Waals surface area contributed by atoms with E-state index in [1.807, 2.05) is 42.5 Å². The van der Waals surface area contributed by atoms with Crippen molar-refractivity contribution in [2.45, 2.75) is 0 Å². The van der Waals surface area contributed by atoms with Crippen molar-refractivity contribution in [1.82, 2.24) is 4.90 Å². The van der Waals surface area contributed by atoms with Gasteiger partial charge in [0.25, 0.3) is 11.1 Å². The molecule has 0 radical (unpaired) electrons. The lowest BCUT2D eigenvalue weighted by molar-refractivity contribution is -0.122. The normalized spacial score (nSPS) is 16.3. The van der Waals surface area contributed by atoms with E-state index in [0.29, 0.717) is 4.91 Å². The fourth-order valence-electron chi connectivity index (χ4n) is 3.12. The zero-order valence-corrected chi connectivity index (χ0v) is 14.3. The summed E-state index contributed by atoms with van der Waals surface area (Å²) in [4.78, 5) is 26.3. The number of carbonyl (C=O) groups is 2. The molecule has 0 unspecified atom stereocenters. The van der Waals surface area contributed by atoms with Crippen molar-refractivity contribution in [1.29, 1.82) is 0 Å². The predicted molar refractivity (Wildman–Crippen MR) is 104 cm³/mol. The van der Waals surface area contributed by atoms with Crippen LogP contribution in [0.5, 0.6) is 0 Å². The molecule has 1 aliphatic rings. The average Bonchev–Trinajstić information content (AvgIpc) is 2.89. The average molecular weight is 345 g/mol. The Bertz CT molecular complexity index is 1010. The minimum atomic E-state index is -0.257. The standard InChI is InChI=1S/C21H15NO2S/c1-2-11-22-20(23)19(25-21(22)24)13-18-16-9-5-3-7-14(16)12-15-8-4-6-10-17(15)18/h2-10,12-13H,1,11H2/b19-13-. The Kier molecular flexibility index (Phi) is 3.90. The monoisotopic (exact) mass is 345 g/mol. The molecule has 4 heteroatoms. The predicted octanol–water partition coefficient (Wildman–Crippen LogP) is 5.22. The van der Waals surface area contributed by atoms with Gasteiger partial charge in [-0.15, -0.1) is 6.58 Å². The summed E-state index contributed by atoms with van der Waals surface area (Å²) in [7, 11) is 0. The van der Waals surface area contributed by atoms with Gasteiger partial charge in [-0.3, -0.25) is 14.5 Å².